The fraction of sp³-hybridized carbons (Fsp3) is 0.455. The minimum Gasteiger partial charge on any atom is -0.328 e. The lowest BCUT2D eigenvalue weighted by atomic mass is 10.2. The summed E-state index contributed by atoms with van der Waals surface area (Å²) in [4.78, 5) is 0. The molecule has 84 valence electrons. The molecule has 2 N–H and O–H groups in total. The van der Waals surface area contributed by atoms with Gasteiger partial charge in [0.1, 0.15) is 11.6 Å². The van der Waals surface area contributed by atoms with Gasteiger partial charge in [-0.1, -0.05) is 6.07 Å². The Labute approximate surface area is 93.1 Å². The first-order valence-corrected chi connectivity index (χ1v) is 6.03. The number of hydrogen-bond acceptors (Lipinski definition) is 2. The molecule has 0 aromatic heterocycles. The number of halogens is 2. The molecule has 0 heterocycles. The maximum Gasteiger partial charge on any atom is 0.130 e. The van der Waals surface area contributed by atoms with Gasteiger partial charge in [0.05, 0.1) is 0 Å². The molecule has 0 saturated heterocycles. The first-order chi connectivity index (χ1) is 7.11. The van der Waals surface area contributed by atoms with Gasteiger partial charge in [0, 0.05) is 17.4 Å². The Bertz CT molecular complexity index is 295. The molecule has 0 amide bonds. The van der Waals surface area contributed by atoms with E-state index in [0.717, 1.165) is 12.2 Å². The fourth-order valence-electron chi connectivity index (χ4n) is 1.11. The molecule has 0 bridgehead atoms. The van der Waals surface area contributed by atoms with Crippen LogP contribution in [-0.2, 0) is 5.75 Å². The highest BCUT2D eigenvalue weighted by atomic mass is 32.2. The average molecular weight is 231 g/mol. The predicted molar refractivity (Wildman–Crippen MR) is 60.8 cm³/mol. The van der Waals surface area contributed by atoms with Crippen molar-refractivity contribution in [3.63, 3.8) is 0 Å². The largest absolute Gasteiger partial charge is 0.328 e. The van der Waals surface area contributed by atoms with E-state index in [1.807, 2.05) is 6.92 Å². The number of hydrogen-bond donors (Lipinski definition) is 1. The molecular weight excluding hydrogens is 216 g/mol. The Hall–Kier alpha value is -0.610. The summed E-state index contributed by atoms with van der Waals surface area (Å²) in [6, 6.07) is 4.08. The van der Waals surface area contributed by atoms with Crippen LogP contribution in [0.5, 0.6) is 0 Å². The van der Waals surface area contributed by atoms with Crippen molar-refractivity contribution in [1.29, 1.82) is 0 Å². The third kappa shape index (κ3) is 4.18. The number of thioether (sulfide) groups is 1. The van der Waals surface area contributed by atoms with Gasteiger partial charge in [-0.2, -0.15) is 11.8 Å². The van der Waals surface area contributed by atoms with E-state index in [9.17, 15) is 8.78 Å². The minimum atomic E-state index is -0.469. The van der Waals surface area contributed by atoms with Crippen LogP contribution in [0.1, 0.15) is 18.9 Å². The van der Waals surface area contributed by atoms with Crippen LogP contribution < -0.4 is 5.73 Å². The van der Waals surface area contributed by atoms with E-state index in [-0.39, 0.29) is 11.6 Å². The smallest absolute Gasteiger partial charge is 0.130 e. The Morgan fingerprint density at radius 3 is 2.47 bits per heavy atom. The topological polar surface area (TPSA) is 26.0 Å². The van der Waals surface area contributed by atoms with Crippen molar-refractivity contribution in [2.24, 2.45) is 5.73 Å². The zero-order chi connectivity index (χ0) is 11.3. The van der Waals surface area contributed by atoms with Crippen molar-refractivity contribution >= 4 is 11.8 Å². The Kier molecular flexibility index (Phi) is 5.05. The number of rotatable bonds is 5. The molecule has 0 aliphatic carbocycles. The van der Waals surface area contributed by atoms with Gasteiger partial charge < -0.3 is 5.73 Å². The molecule has 1 atom stereocenters. The summed E-state index contributed by atoms with van der Waals surface area (Å²) in [6.45, 7) is 1.92. The van der Waals surface area contributed by atoms with Crippen LogP contribution in [-0.4, -0.2) is 11.8 Å². The maximum absolute atomic E-state index is 13.2. The van der Waals surface area contributed by atoms with Gasteiger partial charge in [-0.15, -0.1) is 0 Å². The second-order valence-electron chi connectivity index (χ2n) is 3.52. The summed E-state index contributed by atoms with van der Waals surface area (Å²) in [5.74, 6) is 0.253. The molecule has 0 aliphatic rings. The van der Waals surface area contributed by atoms with Crippen LogP contribution in [0.25, 0.3) is 0 Å². The first-order valence-electron chi connectivity index (χ1n) is 4.87. The van der Waals surface area contributed by atoms with Crippen molar-refractivity contribution < 1.29 is 8.78 Å². The van der Waals surface area contributed by atoms with E-state index in [2.05, 4.69) is 0 Å². The second-order valence-corrected chi connectivity index (χ2v) is 4.62. The van der Waals surface area contributed by atoms with Gasteiger partial charge in [-0.25, -0.2) is 8.78 Å². The van der Waals surface area contributed by atoms with Gasteiger partial charge in [0.15, 0.2) is 0 Å². The molecule has 15 heavy (non-hydrogen) atoms. The van der Waals surface area contributed by atoms with Crippen LogP contribution in [0, 0.1) is 11.6 Å². The van der Waals surface area contributed by atoms with Gasteiger partial charge in [0.2, 0.25) is 0 Å². The third-order valence-electron chi connectivity index (χ3n) is 2.03. The first kappa shape index (κ1) is 12.5. The molecule has 0 spiro atoms. The quantitative estimate of drug-likeness (QED) is 0.788. The summed E-state index contributed by atoms with van der Waals surface area (Å²) < 4.78 is 26.3. The molecule has 1 aromatic rings. The molecule has 0 radical (unpaired) electrons. The van der Waals surface area contributed by atoms with Gasteiger partial charge >= 0.3 is 0 Å². The van der Waals surface area contributed by atoms with Crippen molar-refractivity contribution in [1.82, 2.24) is 0 Å². The average Bonchev–Trinajstić information content (AvgIpc) is 2.15. The number of nitrogens with two attached hydrogens (primary N) is 1. The highest BCUT2D eigenvalue weighted by Gasteiger charge is 2.07. The van der Waals surface area contributed by atoms with E-state index in [1.165, 1.54) is 30.0 Å². The molecule has 1 unspecified atom stereocenters. The molecule has 0 saturated carbocycles. The Morgan fingerprint density at radius 1 is 1.33 bits per heavy atom. The van der Waals surface area contributed by atoms with Gasteiger partial charge in [-0.3, -0.25) is 0 Å². The second kappa shape index (κ2) is 6.08. The van der Waals surface area contributed by atoms with Gasteiger partial charge in [-0.05, 0) is 31.2 Å². The van der Waals surface area contributed by atoms with E-state index >= 15 is 0 Å². The Morgan fingerprint density at radius 2 is 1.93 bits per heavy atom. The lowest BCUT2D eigenvalue weighted by Crippen LogP contribution is -2.15. The minimum absolute atomic E-state index is 0.142. The molecule has 1 nitrogen and oxygen atoms in total. The van der Waals surface area contributed by atoms with E-state index < -0.39 is 11.6 Å². The van der Waals surface area contributed by atoms with Crippen LogP contribution in [0.3, 0.4) is 0 Å². The lowest BCUT2D eigenvalue weighted by Gasteiger charge is -2.06. The van der Waals surface area contributed by atoms with Crippen molar-refractivity contribution in [3.05, 3.63) is 35.4 Å². The zero-order valence-electron chi connectivity index (χ0n) is 8.67. The monoisotopic (exact) mass is 231 g/mol. The lowest BCUT2D eigenvalue weighted by molar-refractivity contribution is 0.566. The Balaban J connectivity index is 2.43. The molecule has 4 heteroatoms. The SMILES string of the molecule is CC(N)CCSCc1c(F)cccc1F. The van der Waals surface area contributed by atoms with Crippen molar-refractivity contribution in [2.75, 3.05) is 5.75 Å². The molecular formula is C11H15F2NS. The third-order valence-corrected chi connectivity index (χ3v) is 3.04. The standard InChI is InChI=1S/C11H15F2NS/c1-8(14)5-6-15-7-9-10(12)3-2-4-11(9)13/h2-4,8H,5-7,14H2,1H3. The summed E-state index contributed by atoms with van der Waals surface area (Å²) >= 11 is 1.50. The van der Waals surface area contributed by atoms with Crippen LogP contribution in [0.15, 0.2) is 18.2 Å². The highest BCUT2D eigenvalue weighted by molar-refractivity contribution is 7.98. The van der Waals surface area contributed by atoms with Crippen molar-refractivity contribution in [2.45, 2.75) is 25.1 Å². The van der Waals surface area contributed by atoms with Crippen LogP contribution in [0.4, 0.5) is 8.78 Å². The van der Waals surface area contributed by atoms with E-state index in [0.29, 0.717) is 5.75 Å². The van der Waals surface area contributed by atoms with E-state index in [1.54, 1.807) is 0 Å². The molecule has 0 fully saturated rings. The molecule has 1 aromatic carbocycles. The van der Waals surface area contributed by atoms with E-state index in [4.69, 9.17) is 5.73 Å². The van der Waals surface area contributed by atoms with Crippen LogP contribution in [0.2, 0.25) is 0 Å². The summed E-state index contributed by atoms with van der Waals surface area (Å²) in [5.41, 5.74) is 5.73. The predicted octanol–water partition coefficient (Wildman–Crippen LogP) is 2.94. The fourth-order valence-corrected chi connectivity index (χ4v) is 2.28. The number of benzene rings is 1. The summed E-state index contributed by atoms with van der Waals surface area (Å²) in [7, 11) is 0. The van der Waals surface area contributed by atoms with Crippen LogP contribution >= 0.6 is 11.8 Å². The normalized spacial score (nSPS) is 12.8. The summed E-state index contributed by atoms with van der Waals surface area (Å²) in [5, 5.41) is 0. The van der Waals surface area contributed by atoms with Gasteiger partial charge in [0.25, 0.3) is 0 Å². The summed E-state index contributed by atoms with van der Waals surface area (Å²) in [6.07, 6.45) is 0.862. The van der Waals surface area contributed by atoms with Crippen molar-refractivity contribution in [3.8, 4) is 0 Å². The highest BCUT2D eigenvalue weighted by Crippen LogP contribution is 2.19. The molecule has 0 aliphatic heterocycles. The zero-order valence-corrected chi connectivity index (χ0v) is 9.49. The maximum atomic E-state index is 13.2. The molecule has 1 rings (SSSR count).